The van der Waals surface area contributed by atoms with Crippen LogP contribution in [0.4, 0.5) is 10.9 Å². The van der Waals surface area contributed by atoms with E-state index in [2.05, 4.69) is 15.3 Å². The van der Waals surface area contributed by atoms with Crippen LogP contribution < -0.4 is 16.0 Å². The fourth-order valence-corrected chi connectivity index (χ4v) is 3.97. The standard InChI is InChI=1S/C19H14N6OS2/c1-11(28-18-14(9-21)7-13(8-20)16(22)24-18)17(26)25-19-23-15(10-27-19)12-5-3-2-4-6-12/h2-7,10-11H,1H3,(H2,22,24)(H,23,25,26)/p+1/t11-/m0/s1. The first-order valence-electron chi connectivity index (χ1n) is 8.16. The number of nitrogen functional groups attached to an aromatic ring is 1. The Bertz CT molecular complexity index is 1100. The van der Waals surface area contributed by atoms with Gasteiger partial charge in [-0.2, -0.15) is 10.5 Å². The molecular weight excluding hydrogens is 392 g/mol. The molecule has 0 unspecified atom stereocenters. The van der Waals surface area contributed by atoms with Crippen molar-refractivity contribution in [3.05, 3.63) is 52.9 Å². The lowest BCUT2D eigenvalue weighted by Crippen LogP contribution is -2.25. The first kappa shape index (κ1) is 19.4. The molecule has 1 amide bonds. The highest BCUT2D eigenvalue weighted by molar-refractivity contribution is 8.00. The number of nitrogens with one attached hydrogen (secondary N) is 2. The SMILES string of the molecule is C[C@H](Sc1[nH+]c(N)c(C#N)cc1C#N)C(=O)Nc1nc(-c2ccccc2)cs1. The molecule has 138 valence electrons. The maximum absolute atomic E-state index is 12.5. The van der Waals surface area contributed by atoms with Crippen LogP contribution in [0.2, 0.25) is 0 Å². The van der Waals surface area contributed by atoms with Gasteiger partial charge in [0.15, 0.2) is 10.2 Å². The number of rotatable bonds is 5. The van der Waals surface area contributed by atoms with Crippen molar-refractivity contribution < 1.29 is 9.78 Å². The average Bonchev–Trinajstić information content (AvgIpc) is 3.17. The van der Waals surface area contributed by atoms with E-state index in [1.807, 2.05) is 47.9 Å². The highest BCUT2D eigenvalue weighted by Crippen LogP contribution is 2.27. The number of thiazole rings is 1. The Morgan fingerprint density at radius 1 is 1.29 bits per heavy atom. The number of aromatic amines is 1. The van der Waals surface area contributed by atoms with E-state index in [4.69, 9.17) is 11.0 Å². The van der Waals surface area contributed by atoms with Crippen molar-refractivity contribution in [3.63, 3.8) is 0 Å². The summed E-state index contributed by atoms with van der Waals surface area (Å²) in [5, 5.41) is 23.4. The number of benzene rings is 1. The van der Waals surface area contributed by atoms with Crippen LogP contribution in [0.25, 0.3) is 11.3 Å². The minimum absolute atomic E-state index is 0.157. The second-order valence-corrected chi connectivity index (χ2v) is 7.93. The van der Waals surface area contributed by atoms with E-state index < -0.39 is 5.25 Å². The number of thioether (sulfide) groups is 1. The molecule has 3 rings (SSSR count). The molecule has 1 aromatic carbocycles. The molecule has 9 heteroatoms. The molecule has 0 spiro atoms. The third-order valence-electron chi connectivity index (χ3n) is 3.78. The first-order valence-corrected chi connectivity index (χ1v) is 9.92. The van der Waals surface area contributed by atoms with Crippen molar-refractivity contribution in [3.8, 4) is 23.4 Å². The third-order valence-corrected chi connectivity index (χ3v) is 5.66. The van der Waals surface area contributed by atoms with Gasteiger partial charge in [0.25, 0.3) is 5.82 Å². The lowest BCUT2D eigenvalue weighted by molar-refractivity contribution is -0.410. The normalized spacial score (nSPS) is 11.2. The number of nitriles is 2. The van der Waals surface area contributed by atoms with Crippen LogP contribution in [0.3, 0.4) is 0 Å². The van der Waals surface area contributed by atoms with Gasteiger partial charge in [-0.05, 0) is 13.0 Å². The Morgan fingerprint density at radius 2 is 2.00 bits per heavy atom. The molecule has 0 radical (unpaired) electrons. The zero-order valence-corrected chi connectivity index (χ0v) is 16.4. The maximum atomic E-state index is 12.5. The summed E-state index contributed by atoms with van der Waals surface area (Å²) in [7, 11) is 0. The van der Waals surface area contributed by atoms with Crippen LogP contribution in [-0.2, 0) is 4.79 Å². The van der Waals surface area contributed by atoms with Gasteiger partial charge in [-0.25, -0.2) is 9.97 Å². The van der Waals surface area contributed by atoms with E-state index in [0.29, 0.717) is 10.2 Å². The zero-order valence-electron chi connectivity index (χ0n) is 14.8. The van der Waals surface area contributed by atoms with Gasteiger partial charge >= 0.3 is 0 Å². The van der Waals surface area contributed by atoms with Crippen molar-refractivity contribution in [2.24, 2.45) is 0 Å². The highest BCUT2D eigenvalue weighted by Gasteiger charge is 2.22. The van der Waals surface area contributed by atoms with E-state index in [-0.39, 0.29) is 22.9 Å². The van der Waals surface area contributed by atoms with Crippen LogP contribution >= 0.6 is 23.1 Å². The number of amides is 1. The number of nitrogens with zero attached hydrogens (tertiary/aromatic N) is 3. The summed E-state index contributed by atoms with van der Waals surface area (Å²) >= 11 is 2.50. The van der Waals surface area contributed by atoms with Crippen molar-refractivity contribution in [1.82, 2.24) is 4.98 Å². The molecule has 0 aliphatic rings. The summed E-state index contributed by atoms with van der Waals surface area (Å²) in [6.45, 7) is 1.72. The summed E-state index contributed by atoms with van der Waals surface area (Å²) in [4.78, 5) is 19.8. The molecule has 0 aliphatic heterocycles. The van der Waals surface area contributed by atoms with Crippen LogP contribution in [0.15, 0.2) is 46.8 Å². The minimum Gasteiger partial charge on any atom is -0.301 e. The van der Waals surface area contributed by atoms with Crippen LogP contribution in [0.1, 0.15) is 18.1 Å². The molecule has 28 heavy (non-hydrogen) atoms. The zero-order chi connectivity index (χ0) is 20.1. The molecule has 0 saturated carbocycles. The number of H-pyrrole nitrogens is 1. The Morgan fingerprint density at radius 3 is 2.68 bits per heavy atom. The van der Waals surface area contributed by atoms with Crippen LogP contribution in [0, 0.1) is 22.7 Å². The van der Waals surface area contributed by atoms with Crippen LogP contribution in [-0.4, -0.2) is 16.1 Å². The Labute approximate surface area is 169 Å². The summed E-state index contributed by atoms with van der Waals surface area (Å²) < 4.78 is 0. The third kappa shape index (κ3) is 4.29. The fraction of sp³-hybridized carbons (Fsp3) is 0.105. The number of carbonyl (C=O) groups is 1. The molecular formula is C19H15N6OS2+. The smallest absolute Gasteiger partial charge is 0.289 e. The van der Waals surface area contributed by atoms with E-state index >= 15 is 0 Å². The number of anilines is 2. The van der Waals surface area contributed by atoms with Gasteiger partial charge in [-0.3, -0.25) is 10.5 Å². The average molecular weight is 408 g/mol. The van der Waals surface area contributed by atoms with Gasteiger partial charge in [-0.1, -0.05) is 42.1 Å². The predicted molar refractivity (Wildman–Crippen MR) is 108 cm³/mol. The molecule has 0 saturated heterocycles. The molecule has 3 aromatic rings. The number of pyridine rings is 1. The maximum Gasteiger partial charge on any atom is 0.289 e. The topological polar surface area (TPSA) is 130 Å². The van der Waals surface area contributed by atoms with Gasteiger partial charge in [-0.15, -0.1) is 11.3 Å². The predicted octanol–water partition coefficient (Wildman–Crippen LogP) is 3.07. The quantitative estimate of drug-likeness (QED) is 0.625. The monoisotopic (exact) mass is 407 g/mol. The van der Waals surface area contributed by atoms with Crippen molar-refractivity contribution >= 4 is 40.0 Å². The second-order valence-electron chi connectivity index (χ2n) is 5.72. The van der Waals surface area contributed by atoms with Gasteiger partial charge in [0.05, 0.1) is 10.9 Å². The molecule has 2 aromatic heterocycles. The summed E-state index contributed by atoms with van der Waals surface area (Å²) in [6, 6.07) is 15.0. The first-order chi connectivity index (χ1) is 13.5. The molecule has 1 atom stereocenters. The van der Waals surface area contributed by atoms with Gasteiger partial charge in [0.1, 0.15) is 23.3 Å². The highest BCUT2D eigenvalue weighted by atomic mass is 32.2. The molecule has 0 fully saturated rings. The van der Waals surface area contributed by atoms with Crippen molar-refractivity contribution in [1.29, 1.82) is 10.5 Å². The number of carbonyl (C=O) groups excluding carboxylic acids is 1. The number of hydrogen-bond acceptors (Lipinski definition) is 7. The lowest BCUT2D eigenvalue weighted by atomic mass is 10.2. The van der Waals surface area contributed by atoms with Crippen LogP contribution in [0.5, 0.6) is 0 Å². The van der Waals surface area contributed by atoms with E-state index in [9.17, 15) is 10.1 Å². The molecule has 0 bridgehead atoms. The molecule has 2 heterocycles. The largest absolute Gasteiger partial charge is 0.301 e. The van der Waals surface area contributed by atoms with Gasteiger partial charge in [0.2, 0.25) is 5.91 Å². The van der Waals surface area contributed by atoms with Crippen molar-refractivity contribution in [2.75, 3.05) is 11.1 Å². The summed E-state index contributed by atoms with van der Waals surface area (Å²) in [6.07, 6.45) is 0. The minimum atomic E-state index is -0.514. The van der Waals surface area contributed by atoms with E-state index in [1.54, 1.807) is 6.92 Å². The number of hydrogen-bond donors (Lipinski definition) is 2. The fourth-order valence-electron chi connectivity index (χ4n) is 2.32. The van der Waals surface area contributed by atoms with Crippen molar-refractivity contribution in [2.45, 2.75) is 17.2 Å². The Balaban J connectivity index is 1.71. The number of nitrogens with two attached hydrogens (primary N) is 1. The molecule has 4 N–H and O–H groups in total. The number of aromatic nitrogens is 2. The van der Waals surface area contributed by atoms with Gasteiger partial charge < -0.3 is 5.32 Å². The van der Waals surface area contributed by atoms with Gasteiger partial charge in [0, 0.05) is 10.9 Å². The van der Waals surface area contributed by atoms with E-state index in [0.717, 1.165) is 23.0 Å². The van der Waals surface area contributed by atoms with E-state index in [1.165, 1.54) is 17.4 Å². The molecule has 7 nitrogen and oxygen atoms in total. The Hall–Kier alpha value is -3.40. The molecule has 0 aliphatic carbocycles. The lowest BCUT2D eigenvalue weighted by Gasteiger charge is -2.10. The Kier molecular flexibility index (Phi) is 5.90. The summed E-state index contributed by atoms with van der Waals surface area (Å²) in [5.41, 5.74) is 8.00. The second kappa shape index (κ2) is 8.53. The summed E-state index contributed by atoms with van der Waals surface area (Å²) in [5.74, 6) is -0.0942.